The average Bonchev–Trinajstić information content (AvgIpc) is 2.96. The summed E-state index contributed by atoms with van der Waals surface area (Å²) in [7, 11) is 0. The summed E-state index contributed by atoms with van der Waals surface area (Å²) >= 11 is 9.57. The third-order valence-corrected chi connectivity index (χ3v) is 5.95. The standard InChI is InChI=1S/C17H11BrClF5N2O2/c18-10-2-1-9-13(12(10)19)27-4-3-16(9)7-26-6-8(17(22,23)24)5-11(14(26)25-16)28-15(20)21/h1-2,5-6,15H,3-4,7H2/t16-/m1/s1. The number of alkyl halides is 5. The zero-order valence-electron chi connectivity index (χ0n) is 13.9. The van der Waals surface area contributed by atoms with Gasteiger partial charge in [0, 0.05) is 22.7 Å². The van der Waals surface area contributed by atoms with Crippen LogP contribution in [0.4, 0.5) is 22.0 Å². The molecule has 1 aromatic carbocycles. The van der Waals surface area contributed by atoms with Crippen LogP contribution in [0.5, 0.6) is 5.75 Å². The molecule has 28 heavy (non-hydrogen) atoms. The quantitative estimate of drug-likeness (QED) is 0.528. The molecule has 0 amide bonds. The third-order valence-electron chi connectivity index (χ3n) is 4.68. The van der Waals surface area contributed by atoms with Gasteiger partial charge in [0.1, 0.15) is 11.3 Å². The minimum absolute atomic E-state index is 0.0141. The summed E-state index contributed by atoms with van der Waals surface area (Å²) in [6, 6.07) is 3.39. The van der Waals surface area contributed by atoms with Crippen LogP contribution in [0, 0.1) is 0 Å². The molecule has 0 N–H and O–H groups in total. The first-order valence-corrected chi connectivity index (χ1v) is 9.21. The predicted molar refractivity (Wildman–Crippen MR) is 94.4 cm³/mol. The van der Waals surface area contributed by atoms with E-state index in [1.54, 1.807) is 12.1 Å². The van der Waals surface area contributed by atoms with Crippen LogP contribution >= 0.6 is 27.5 Å². The Bertz CT molecular complexity index is 931. The summed E-state index contributed by atoms with van der Waals surface area (Å²) in [4.78, 5) is 5.70. The molecule has 1 atom stereocenters. The monoisotopic (exact) mass is 484 g/mol. The average molecular weight is 486 g/mol. The molecule has 0 saturated heterocycles. The van der Waals surface area contributed by atoms with Crippen LogP contribution in [0.2, 0.25) is 5.02 Å². The van der Waals surface area contributed by atoms with Gasteiger partial charge in [-0.2, -0.15) is 22.0 Å². The van der Waals surface area contributed by atoms with Gasteiger partial charge in [-0.3, -0.25) is 4.99 Å². The van der Waals surface area contributed by atoms with Gasteiger partial charge >= 0.3 is 12.8 Å². The highest BCUT2D eigenvalue weighted by Crippen LogP contribution is 2.49. The van der Waals surface area contributed by atoms with E-state index < -0.39 is 29.7 Å². The Morgan fingerprint density at radius 2 is 2.07 bits per heavy atom. The minimum atomic E-state index is -4.72. The molecule has 0 radical (unpaired) electrons. The molecule has 0 fully saturated rings. The molecule has 0 aromatic heterocycles. The lowest BCUT2D eigenvalue weighted by Crippen LogP contribution is -2.37. The highest BCUT2D eigenvalue weighted by Gasteiger charge is 2.48. The molecule has 0 saturated carbocycles. The number of aliphatic imine (C=N–C) groups is 1. The first kappa shape index (κ1) is 19.5. The van der Waals surface area contributed by atoms with Crippen molar-refractivity contribution in [1.82, 2.24) is 4.90 Å². The first-order valence-electron chi connectivity index (χ1n) is 8.04. The molecule has 0 aliphatic carbocycles. The number of amidine groups is 1. The largest absolute Gasteiger partial charge is 0.491 e. The lowest BCUT2D eigenvalue weighted by Gasteiger charge is -2.34. The van der Waals surface area contributed by atoms with Gasteiger partial charge in [0.05, 0.1) is 23.7 Å². The molecule has 0 bridgehead atoms. The van der Waals surface area contributed by atoms with Gasteiger partial charge in [0.25, 0.3) is 0 Å². The molecular formula is C17H11BrClF5N2O2. The van der Waals surface area contributed by atoms with E-state index >= 15 is 0 Å². The SMILES string of the molecule is FC(F)OC1=CC(C(F)(F)F)=CN2C[C@@]3(CCOc4c3ccc(Br)c4Cl)N=C12. The zero-order chi connectivity index (χ0) is 20.3. The van der Waals surface area contributed by atoms with Crippen molar-refractivity contribution in [1.29, 1.82) is 0 Å². The van der Waals surface area contributed by atoms with Crippen molar-refractivity contribution in [2.24, 2.45) is 4.99 Å². The van der Waals surface area contributed by atoms with Crippen molar-refractivity contribution in [3.8, 4) is 5.75 Å². The van der Waals surface area contributed by atoms with Crippen molar-refractivity contribution in [2.75, 3.05) is 13.2 Å². The van der Waals surface area contributed by atoms with Crippen molar-refractivity contribution >= 4 is 33.4 Å². The lowest BCUT2D eigenvalue weighted by molar-refractivity contribution is -0.0981. The van der Waals surface area contributed by atoms with E-state index in [2.05, 4.69) is 25.7 Å². The number of nitrogens with zero attached hydrogens (tertiary/aromatic N) is 2. The van der Waals surface area contributed by atoms with Gasteiger partial charge in [-0.05, 0) is 28.1 Å². The molecule has 4 nitrogen and oxygen atoms in total. The number of hydrogen-bond acceptors (Lipinski definition) is 4. The van der Waals surface area contributed by atoms with Gasteiger partial charge in [-0.25, -0.2) is 0 Å². The molecule has 4 rings (SSSR count). The molecular weight excluding hydrogens is 475 g/mol. The summed E-state index contributed by atoms with van der Waals surface area (Å²) in [5.74, 6) is -0.343. The normalized spacial score (nSPS) is 23.7. The van der Waals surface area contributed by atoms with Crippen LogP contribution in [0.15, 0.2) is 45.2 Å². The second-order valence-electron chi connectivity index (χ2n) is 6.40. The fourth-order valence-electron chi connectivity index (χ4n) is 3.49. The van der Waals surface area contributed by atoms with Crippen molar-refractivity contribution in [2.45, 2.75) is 24.7 Å². The van der Waals surface area contributed by atoms with Crippen LogP contribution in [-0.2, 0) is 10.3 Å². The fourth-order valence-corrected chi connectivity index (χ4v) is 4.02. The Balaban J connectivity index is 1.82. The van der Waals surface area contributed by atoms with E-state index in [4.69, 9.17) is 16.3 Å². The van der Waals surface area contributed by atoms with Crippen LogP contribution in [0.25, 0.3) is 0 Å². The van der Waals surface area contributed by atoms with E-state index in [1.165, 1.54) is 4.90 Å². The maximum absolute atomic E-state index is 13.2. The lowest BCUT2D eigenvalue weighted by atomic mass is 9.85. The van der Waals surface area contributed by atoms with E-state index in [1.807, 2.05) is 0 Å². The van der Waals surface area contributed by atoms with Crippen LogP contribution < -0.4 is 4.74 Å². The Morgan fingerprint density at radius 1 is 1.32 bits per heavy atom. The molecule has 1 aromatic rings. The predicted octanol–water partition coefficient (Wildman–Crippen LogP) is 5.38. The van der Waals surface area contributed by atoms with E-state index in [-0.39, 0.29) is 19.0 Å². The maximum atomic E-state index is 13.2. The van der Waals surface area contributed by atoms with Gasteiger partial charge in [-0.15, -0.1) is 0 Å². The third kappa shape index (κ3) is 3.16. The fraction of sp³-hybridized carbons (Fsp3) is 0.353. The number of benzene rings is 1. The second kappa shape index (κ2) is 6.62. The van der Waals surface area contributed by atoms with E-state index in [0.29, 0.717) is 33.3 Å². The van der Waals surface area contributed by atoms with Crippen LogP contribution in [0.3, 0.4) is 0 Å². The van der Waals surface area contributed by atoms with Gasteiger partial charge in [-0.1, -0.05) is 17.7 Å². The van der Waals surface area contributed by atoms with E-state index in [9.17, 15) is 22.0 Å². The Kier molecular flexibility index (Phi) is 4.61. The summed E-state index contributed by atoms with van der Waals surface area (Å²) in [5.41, 5.74) is -1.51. The molecule has 1 spiro atoms. The molecule has 3 aliphatic heterocycles. The number of halogens is 7. The van der Waals surface area contributed by atoms with Gasteiger partial charge in [0.2, 0.25) is 0 Å². The Morgan fingerprint density at radius 3 is 2.75 bits per heavy atom. The number of hydrogen-bond donors (Lipinski definition) is 0. The van der Waals surface area contributed by atoms with Crippen molar-refractivity contribution < 1.29 is 31.4 Å². The Hall–Kier alpha value is -1.81. The highest BCUT2D eigenvalue weighted by molar-refractivity contribution is 9.10. The van der Waals surface area contributed by atoms with Gasteiger partial charge < -0.3 is 14.4 Å². The van der Waals surface area contributed by atoms with Crippen molar-refractivity contribution in [3.63, 3.8) is 0 Å². The van der Waals surface area contributed by atoms with Crippen LogP contribution in [0.1, 0.15) is 12.0 Å². The molecule has 150 valence electrons. The molecule has 3 aliphatic rings. The molecule has 0 unspecified atom stereocenters. The molecule has 11 heteroatoms. The minimum Gasteiger partial charge on any atom is -0.491 e. The smallest absolute Gasteiger partial charge is 0.417 e. The zero-order valence-corrected chi connectivity index (χ0v) is 16.2. The summed E-state index contributed by atoms with van der Waals surface area (Å²) < 4.78 is 75.8. The summed E-state index contributed by atoms with van der Waals surface area (Å²) in [5, 5.41) is 0.313. The van der Waals surface area contributed by atoms with Gasteiger partial charge in [0.15, 0.2) is 11.6 Å². The second-order valence-corrected chi connectivity index (χ2v) is 7.63. The number of allylic oxidation sites excluding steroid dienone is 2. The van der Waals surface area contributed by atoms with Crippen molar-refractivity contribution in [3.05, 3.63) is 50.8 Å². The highest BCUT2D eigenvalue weighted by atomic mass is 79.9. The topological polar surface area (TPSA) is 34.1 Å². The first-order chi connectivity index (χ1) is 13.1. The summed E-state index contributed by atoms with van der Waals surface area (Å²) in [6.07, 6.45) is -2.99. The number of fused-ring (bicyclic) bond motifs is 3. The van der Waals surface area contributed by atoms with Crippen LogP contribution in [-0.4, -0.2) is 36.7 Å². The Labute approximate surface area is 169 Å². The maximum Gasteiger partial charge on any atom is 0.417 e. The van der Waals surface area contributed by atoms with E-state index in [0.717, 1.165) is 6.20 Å². The molecule has 3 heterocycles. The summed E-state index contributed by atoms with van der Waals surface area (Å²) in [6.45, 7) is -3.05. The number of ether oxygens (including phenoxy) is 2. The number of rotatable bonds is 2.